The maximum atomic E-state index is 12.1. The Morgan fingerprint density at radius 1 is 1.15 bits per heavy atom. The highest BCUT2D eigenvalue weighted by molar-refractivity contribution is 9.10. The Kier molecular flexibility index (Phi) is 8.62. The summed E-state index contributed by atoms with van der Waals surface area (Å²) in [6.45, 7) is 6.32. The molecular weight excluding hydrogens is 522 g/mol. The van der Waals surface area contributed by atoms with E-state index in [0.29, 0.717) is 40.3 Å². The van der Waals surface area contributed by atoms with Gasteiger partial charge >= 0.3 is 5.97 Å². The zero-order chi connectivity index (χ0) is 24.8. The number of ether oxygens (including phenoxy) is 3. The number of nitrogens with zero attached hydrogens (tertiary/aromatic N) is 3. The molecule has 0 aliphatic rings. The molecule has 0 radical (unpaired) electrons. The second-order valence-corrected chi connectivity index (χ2v) is 9.34. The summed E-state index contributed by atoms with van der Waals surface area (Å²) >= 11 is 4.48. The third-order valence-electron chi connectivity index (χ3n) is 4.68. The van der Waals surface area contributed by atoms with E-state index in [4.69, 9.17) is 14.2 Å². The van der Waals surface area contributed by atoms with Gasteiger partial charge in [0.1, 0.15) is 22.2 Å². The van der Waals surface area contributed by atoms with Gasteiger partial charge in [0.2, 0.25) is 0 Å². The fourth-order valence-electron chi connectivity index (χ4n) is 3.17. The quantitative estimate of drug-likeness (QED) is 0.253. The third-order valence-corrected chi connectivity index (χ3v) is 6.17. The van der Waals surface area contributed by atoms with Crippen LogP contribution in [-0.2, 0) is 11.3 Å². The van der Waals surface area contributed by atoms with Crippen molar-refractivity contribution in [3.8, 4) is 28.6 Å². The van der Waals surface area contributed by atoms with Crippen LogP contribution in [0.1, 0.15) is 26.3 Å². The van der Waals surface area contributed by atoms with Crippen molar-refractivity contribution in [1.29, 1.82) is 0 Å². The van der Waals surface area contributed by atoms with E-state index in [2.05, 4.69) is 26.1 Å². The molecule has 0 spiro atoms. The maximum absolute atomic E-state index is 12.1. The number of hydrogen-bond donors (Lipinski definition) is 1. The lowest BCUT2D eigenvalue weighted by Gasteiger charge is -2.13. The number of benzene rings is 2. The van der Waals surface area contributed by atoms with Crippen LogP contribution in [0.5, 0.6) is 17.2 Å². The molecule has 0 unspecified atom stereocenters. The molecule has 0 bridgehead atoms. The van der Waals surface area contributed by atoms with E-state index < -0.39 is 5.97 Å². The summed E-state index contributed by atoms with van der Waals surface area (Å²) in [5, 5.41) is 19.0. The van der Waals surface area contributed by atoms with Crippen molar-refractivity contribution in [2.24, 2.45) is 0 Å². The summed E-state index contributed by atoms with van der Waals surface area (Å²) in [4.78, 5) is 12.2. The zero-order valence-corrected chi connectivity index (χ0v) is 21.9. The standard InChI is InChI=1S/C24H26BrN3O5S/c1-6-28-22(16-10-18(31-4)13-19(11-16)32-5)26-27-24(28)34-21(23(29)30)12-15-9-17(25)7-8-20(15)33-14(2)3/h7-14H,6H2,1-5H3,(H,29,30)/b21-12+. The number of methoxy groups -OCH3 is 2. The van der Waals surface area contributed by atoms with Gasteiger partial charge in [0.05, 0.1) is 20.3 Å². The van der Waals surface area contributed by atoms with Crippen LogP contribution in [0, 0.1) is 0 Å². The van der Waals surface area contributed by atoms with Crippen molar-refractivity contribution < 1.29 is 24.1 Å². The molecule has 0 saturated heterocycles. The van der Waals surface area contributed by atoms with Crippen molar-refractivity contribution in [2.45, 2.75) is 38.6 Å². The molecule has 1 aromatic heterocycles. The highest BCUT2D eigenvalue weighted by Crippen LogP contribution is 2.35. The predicted molar refractivity (Wildman–Crippen MR) is 136 cm³/mol. The van der Waals surface area contributed by atoms with Gasteiger partial charge in [-0.15, -0.1) is 10.2 Å². The van der Waals surface area contributed by atoms with Crippen molar-refractivity contribution in [1.82, 2.24) is 14.8 Å². The molecular formula is C24H26BrN3O5S. The molecule has 180 valence electrons. The first-order chi connectivity index (χ1) is 16.2. The summed E-state index contributed by atoms with van der Waals surface area (Å²) in [6, 6.07) is 10.9. The van der Waals surface area contributed by atoms with E-state index in [0.717, 1.165) is 21.8 Å². The molecule has 10 heteroatoms. The molecule has 3 rings (SSSR count). The van der Waals surface area contributed by atoms with E-state index in [1.54, 1.807) is 26.4 Å². The monoisotopic (exact) mass is 547 g/mol. The minimum atomic E-state index is -1.07. The lowest BCUT2D eigenvalue weighted by Crippen LogP contribution is -2.07. The number of carboxylic acid groups (broad SMARTS) is 1. The first-order valence-electron chi connectivity index (χ1n) is 10.5. The largest absolute Gasteiger partial charge is 0.497 e. The van der Waals surface area contributed by atoms with Gasteiger partial charge in [-0.2, -0.15) is 0 Å². The Labute approximate surface area is 211 Å². The van der Waals surface area contributed by atoms with Gasteiger partial charge < -0.3 is 23.9 Å². The van der Waals surface area contributed by atoms with Crippen molar-refractivity contribution in [3.05, 3.63) is 51.3 Å². The van der Waals surface area contributed by atoms with E-state index in [-0.39, 0.29) is 11.0 Å². The maximum Gasteiger partial charge on any atom is 0.342 e. The van der Waals surface area contributed by atoms with Crippen molar-refractivity contribution in [3.63, 3.8) is 0 Å². The van der Waals surface area contributed by atoms with Crippen LogP contribution in [0.25, 0.3) is 17.5 Å². The number of carbonyl (C=O) groups is 1. The van der Waals surface area contributed by atoms with Crippen LogP contribution in [-0.4, -0.2) is 46.2 Å². The summed E-state index contributed by atoms with van der Waals surface area (Å²) in [6.07, 6.45) is 1.53. The highest BCUT2D eigenvalue weighted by Gasteiger charge is 2.20. The number of carboxylic acids is 1. The van der Waals surface area contributed by atoms with Gasteiger partial charge in [-0.05, 0) is 68.9 Å². The smallest absolute Gasteiger partial charge is 0.342 e. The topological polar surface area (TPSA) is 95.7 Å². The van der Waals surface area contributed by atoms with Crippen LogP contribution in [0.15, 0.2) is 50.9 Å². The zero-order valence-electron chi connectivity index (χ0n) is 19.5. The van der Waals surface area contributed by atoms with Crippen LogP contribution in [0.4, 0.5) is 0 Å². The minimum Gasteiger partial charge on any atom is -0.497 e. The Hall–Kier alpha value is -2.98. The number of aliphatic carboxylic acids is 1. The third kappa shape index (κ3) is 6.12. The number of halogens is 1. The van der Waals surface area contributed by atoms with E-state index in [1.165, 1.54) is 0 Å². The molecule has 0 atom stereocenters. The normalized spacial score (nSPS) is 11.6. The fraction of sp³-hybridized carbons (Fsp3) is 0.292. The molecule has 3 aromatic rings. The molecule has 8 nitrogen and oxygen atoms in total. The van der Waals surface area contributed by atoms with E-state index >= 15 is 0 Å². The average Bonchev–Trinajstić information content (AvgIpc) is 3.22. The summed E-state index contributed by atoms with van der Waals surface area (Å²) in [5.41, 5.74) is 1.39. The van der Waals surface area contributed by atoms with Crippen molar-refractivity contribution in [2.75, 3.05) is 14.2 Å². The minimum absolute atomic E-state index is 0.0557. The lowest BCUT2D eigenvalue weighted by molar-refractivity contribution is -0.131. The van der Waals surface area contributed by atoms with Gasteiger partial charge in [-0.1, -0.05) is 15.9 Å². The number of thioether (sulfide) groups is 1. The fourth-order valence-corrected chi connectivity index (χ4v) is 4.42. The second kappa shape index (κ2) is 11.4. The molecule has 0 aliphatic heterocycles. The Balaban J connectivity index is 2.03. The molecule has 2 aromatic carbocycles. The Morgan fingerprint density at radius 2 is 1.82 bits per heavy atom. The Morgan fingerprint density at radius 3 is 2.38 bits per heavy atom. The molecule has 1 heterocycles. The van der Waals surface area contributed by atoms with Gasteiger partial charge in [-0.25, -0.2) is 4.79 Å². The summed E-state index contributed by atoms with van der Waals surface area (Å²) < 4.78 is 19.3. The van der Waals surface area contributed by atoms with Gasteiger partial charge in [0, 0.05) is 28.2 Å². The predicted octanol–water partition coefficient (Wildman–Crippen LogP) is 5.75. The highest BCUT2D eigenvalue weighted by atomic mass is 79.9. The van der Waals surface area contributed by atoms with E-state index in [9.17, 15) is 9.90 Å². The molecule has 1 N–H and O–H groups in total. The number of rotatable bonds is 10. The summed E-state index contributed by atoms with van der Waals surface area (Å²) in [5.74, 6) is 1.34. The molecule has 0 saturated carbocycles. The number of aromatic nitrogens is 3. The van der Waals surface area contributed by atoms with Crippen molar-refractivity contribution >= 4 is 39.7 Å². The van der Waals surface area contributed by atoms with Crippen LogP contribution in [0.2, 0.25) is 0 Å². The molecule has 0 aliphatic carbocycles. The molecule has 34 heavy (non-hydrogen) atoms. The van der Waals surface area contributed by atoms with Crippen LogP contribution < -0.4 is 14.2 Å². The SMILES string of the molecule is CCn1c(S/C(=C/c2cc(Br)ccc2OC(C)C)C(=O)O)nnc1-c1cc(OC)cc(OC)c1. The first-order valence-corrected chi connectivity index (χ1v) is 12.1. The van der Waals surface area contributed by atoms with Crippen LogP contribution >= 0.6 is 27.7 Å². The second-order valence-electron chi connectivity index (χ2n) is 7.42. The summed E-state index contributed by atoms with van der Waals surface area (Å²) in [7, 11) is 3.15. The lowest BCUT2D eigenvalue weighted by atomic mass is 10.2. The average molecular weight is 548 g/mol. The Bertz CT molecular complexity index is 1190. The van der Waals surface area contributed by atoms with E-state index in [1.807, 2.05) is 55.7 Å². The van der Waals surface area contributed by atoms with Gasteiger partial charge in [0.25, 0.3) is 0 Å². The van der Waals surface area contributed by atoms with Crippen LogP contribution in [0.3, 0.4) is 0 Å². The van der Waals surface area contributed by atoms with Gasteiger partial charge in [-0.3, -0.25) is 0 Å². The molecule has 0 amide bonds. The first kappa shape index (κ1) is 25.6. The molecule has 0 fully saturated rings. The number of hydrogen-bond acceptors (Lipinski definition) is 7. The van der Waals surface area contributed by atoms with Gasteiger partial charge in [0.15, 0.2) is 11.0 Å².